The minimum atomic E-state index is 0.269. The molecule has 1 aromatic rings. The molecule has 0 unspecified atom stereocenters. The fourth-order valence-electron chi connectivity index (χ4n) is 1.70. The van der Waals surface area contributed by atoms with Crippen LogP contribution < -0.4 is 10.6 Å². The summed E-state index contributed by atoms with van der Waals surface area (Å²) in [5.74, 6) is 1.82. The third kappa shape index (κ3) is 4.48. The van der Waals surface area contributed by atoms with E-state index in [4.69, 9.17) is 15.2 Å². The monoisotopic (exact) mass is 285 g/mol. The number of methoxy groups -OCH3 is 1. The number of nitrogen functional groups attached to an aromatic ring is 1. The maximum atomic E-state index is 5.74. The molecule has 2 N–H and O–H groups in total. The van der Waals surface area contributed by atoms with E-state index in [0.29, 0.717) is 24.3 Å². The molecule has 0 spiro atoms. The standard InChI is InChI=1S/C11H19N5O2S/c1-17-5-2-8-19-11-14-9(12)13-10(15-11)16-3-6-18-7-4-16/h2-8H2,1H3,(H2,12,13,14,15). The summed E-state index contributed by atoms with van der Waals surface area (Å²) in [6, 6.07) is 0. The minimum absolute atomic E-state index is 0.269. The van der Waals surface area contributed by atoms with Gasteiger partial charge in [0.2, 0.25) is 11.9 Å². The Hall–Kier alpha value is -1.12. The molecule has 8 heteroatoms. The van der Waals surface area contributed by atoms with E-state index in [1.807, 2.05) is 0 Å². The topological polar surface area (TPSA) is 86.4 Å². The lowest BCUT2D eigenvalue weighted by Gasteiger charge is -2.26. The van der Waals surface area contributed by atoms with Crippen molar-refractivity contribution in [2.45, 2.75) is 11.6 Å². The first-order valence-corrected chi connectivity index (χ1v) is 7.24. The third-order valence-corrected chi connectivity index (χ3v) is 3.57. The summed E-state index contributed by atoms with van der Waals surface area (Å²) >= 11 is 1.57. The summed E-state index contributed by atoms with van der Waals surface area (Å²) in [6.45, 7) is 3.71. The highest BCUT2D eigenvalue weighted by molar-refractivity contribution is 7.99. The second-order valence-corrected chi connectivity index (χ2v) is 5.13. The molecule has 0 amide bonds. The number of hydrogen-bond acceptors (Lipinski definition) is 8. The zero-order chi connectivity index (χ0) is 13.5. The number of morpholine rings is 1. The zero-order valence-corrected chi connectivity index (χ0v) is 11.9. The van der Waals surface area contributed by atoms with E-state index < -0.39 is 0 Å². The maximum Gasteiger partial charge on any atom is 0.231 e. The Bertz CT molecular complexity index is 401. The van der Waals surface area contributed by atoms with Crippen LogP contribution in [0.5, 0.6) is 0 Å². The highest BCUT2D eigenvalue weighted by atomic mass is 32.2. The van der Waals surface area contributed by atoms with Crippen LogP contribution in [0.2, 0.25) is 0 Å². The number of aromatic nitrogens is 3. The van der Waals surface area contributed by atoms with Crippen LogP contribution in [0.1, 0.15) is 6.42 Å². The first kappa shape index (κ1) is 14.3. The van der Waals surface area contributed by atoms with E-state index >= 15 is 0 Å². The largest absolute Gasteiger partial charge is 0.385 e. The van der Waals surface area contributed by atoms with Crippen LogP contribution in [-0.2, 0) is 9.47 Å². The van der Waals surface area contributed by atoms with Crippen LogP contribution in [0.3, 0.4) is 0 Å². The molecule has 7 nitrogen and oxygen atoms in total. The molecule has 1 saturated heterocycles. The van der Waals surface area contributed by atoms with Gasteiger partial charge in [-0.15, -0.1) is 0 Å². The summed E-state index contributed by atoms with van der Waals surface area (Å²) < 4.78 is 10.3. The van der Waals surface area contributed by atoms with Crippen LogP contribution in [0.15, 0.2) is 5.16 Å². The van der Waals surface area contributed by atoms with E-state index in [9.17, 15) is 0 Å². The Labute approximate surface area is 116 Å². The molecule has 1 aliphatic rings. The van der Waals surface area contributed by atoms with Crippen LogP contribution in [0.25, 0.3) is 0 Å². The van der Waals surface area contributed by atoms with E-state index in [0.717, 1.165) is 31.9 Å². The molecular weight excluding hydrogens is 266 g/mol. The van der Waals surface area contributed by atoms with E-state index in [-0.39, 0.29) is 5.95 Å². The van der Waals surface area contributed by atoms with E-state index in [1.54, 1.807) is 18.9 Å². The first-order chi connectivity index (χ1) is 9.29. The lowest BCUT2D eigenvalue weighted by atomic mass is 10.4. The smallest absolute Gasteiger partial charge is 0.231 e. The Morgan fingerprint density at radius 2 is 2.11 bits per heavy atom. The third-order valence-electron chi connectivity index (χ3n) is 2.64. The van der Waals surface area contributed by atoms with Crippen LogP contribution in [0, 0.1) is 0 Å². The van der Waals surface area contributed by atoms with Crippen molar-refractivity contribution in [2.75, 3.05) is 56.4 Å². The molecule has 0 radical (unpaired) electrons. The average Bonchev–Trinajstić information content (AvgIpc) is 2.44. The van der Waals surface area contributed by atoms with Crippen LogP contribution >= 0.6 is 11.8 Å². The van der Waals surface area contributed by atoms with Gasteiger partial charge in [-0.25, -0.2) is 0 Å². The molecular formula is C11H19N5O2S. The number of hydrogen-bond donors (Lipinski definition) is 1. The Morgan fingerprint density at radius 3 is 2.84 bits per heavy atom. The van der Waals surface area contributed by atoms with E-state index in [1.165, 1.54) is 0 Å². The lowest BCUT2D eigenvalue weighted by molar-refractivity contribution is 0.122. The van der Waals surface area contributed by atoms with Gasteiger partial charge in [0, 0.05) is 32.6 Å². The van der Waals surface area contributed by atoms with Gasteiger partial charge in [0.05, 0.1) is 13.2 Å². The molecule has 0 bridgehead atoms. The van der Waals surface area contributed by atoms with Crippen molar-refractivity contribution in [3.05, 3.63) is 0 Å². The summed E-state index contributed by atoms with van der Waals surface area (Å²) in [6.07, 6.45) is 0.958. The fraction of sp³-hybridized carbons (Fsp3) is 0.727. The predicted octanol–water partition coefficient (Wildman–Crippen LogP) is 0.419. The van der Waals surface area contributed by atoms with E-state index in [2.05, 4.69) is 19.9 Å². The Morgan fingerprint density at radius 1 is 1.32 bits per heavy atom. The Kier molecular flexibility index (Phi) is 5.62. The SMILES string of the molecule is COCCCSc1nc(N)nc(N2CCOCC2)n1. The van der Waals surface area contributed by atoms with Crippen LogP contribution in [-0.4, -0.2) is 60.7 Å². The van der Waals surface area contributed by atoms with Crippen molar-refractivity contribution in [3.8, 4) is 0 Å². The van der Waals surface area contributed by atoms with Gasteiger partial charge in [-0.2, -0.15) is 15.0 Å². The maximum absolute atomic E-state index is 5.74. The molecule has 0 atom stereocenters. The molecule has 106 valence electrons. The number of ether oxygens (including phenoxy) is 2. The molecule has 0 aromatic carbocycles. The van der Waals surface area contributed by atoms with Gasteiger partial charge in [-0.1, -0.05) is 11.8 Å². The minimum Gasteiger partial charge on any atom is -0.385 e. The van der Waals surface area contributed by atoms with Gasteiger partial charge in [0.15, 0.2) is 5.16 Å². The molecule has 0 aliphatic carbocycles. The summed E-state index contributed by atoms with van der Waals surface area (Å²) in [5.41, 5.74) is 5.74. The number of anilines is 2. The fourth-order valence-corrected chi connectivity index (χ4v) is 2.45. The second-order valence-electron chi connectivity index (χ2n) is 4.07. The molecule has 1 fully saturated rings. The number of rotatable bonds is 6. The Balaban J connectivity index is 1.97. The van der Waals surface area contributed by atoms with Gasteiger partial charge in [0.1, 0.15) is 0 Å². The molecule has 19 heavy (non-hydrogen) atoms. The van der Waals surface area contributed by atoms with Gasteiger partial charge in [-0.05, 0) is 6.42 Å². The normalized spacial score (nSPS) is 15.7. The van der Waals surface area contributed by atoms with Gasteiger partial charge in [-0.3, -0.25) is 0 Å². The molecule has 1 aromatic heterocycles. The molecule has 2 rings (SSSR count). The van der Waals surface area contributed by atoms with Gasteiger partial charge in [0.25, 0.3) is 0 Å². The van der Waals surface area contributed by atoms with Crippen molar-refractivity contribution in [3.63, 3.8) is 0 Å². The highest BCUT2D eigenvalue weighted by Crippen LogP contribution is 2.18. The number of nitrogens with two attached hydrogens (primary N) is 1. The van der Waals surface area contributed by atoms with Gasteiger partial charge >= 0.3 is 0 Å². The van der Waals surface area contributed by atoms with Gasteiger partial charge < -0.3 is 20.1 Å². The summed E-state index contributed by atoms with van der Waals surface area (Å²) in [4.78, 5) is 14.9. The molecule has 2 heterocycles. The molecule has 1 aliphatic heterocycles. The van der Waals surface area contributed by atoms with Crippen LogP contribution in [0.4, 0.5) is 11.9 Å². The number of nitrogens with zero attached hydrogens (tertiary/aromatic N) is 4. The quantitative estimate of drug-likeness (QED) is 0.594. The molecule has 0 saturated carbocycles. The highest BCUT2D eigenvalue weighted by Gasteiger charge is 2.15. The zero-order valence-electron chi connectivity index (χ0n) is 11.0. The average molecular weight is 285 g/mol. The predicted molar refractivity (Wildman–Crippen MR) is 74.5 cm³/mol. The first-order valence-electron chi connectivity index (χ1n) is 6.25. The summed E-state index contributed by atoms with van der Waals surface area (Å²) in [7, 11) is 1.70. The second kappa shape index (κ2) is 7.46. The lowest BCUT2D eigenvalue weighted by Crippen LogP contribution is -2.37. The summed E-state index contributed by atoms with van der Waals surface area (Å²) in [5, 5.41) is 0.671. The van der Waals surface area contributed by atoms with Crippen molar-refractivity contribution >= 4 is 23.7 Å². The van der Waals surface area contributed by atoms with Crippen molar-refractivity contribution in [1.82, 2.24) is 15.0 Å². The van der Waals surface area contributed by atoms with Crippen molar-refractivity contribution in [2.24, 2.45) is 0 Å². The van der Waals surface area contributed by atoms with Crippen molar-refractivity contribution in [1.29, 1.82) is 0 Å². The number of thioether (sulfide) groups is 1. The van der Waals surface area contributed by atoms with Crippen molar-refractivity contribution < 1.29 is 9.47 Å².